The Labute approximate surface area is 99.2 Å². The molecule has 17 heavy (non-hydrogen) atoms. The molecule has 1 aromatic carbocycles. The number of ether oxygens (including phenoxy) is 1. The molecular formula is C13H16F2O2. The lowest BCUT2D eigenvalue weighted by atomic mass is 9.97. The maximum atomic E-state index is 12.8. The van der Waals surface area contributed by atoms with E-state index in [0.717, 1.165) is 18.4 Å². The summed E-state index contributed by atoms with van der Waals surface area (Å²) in [7, 11) is 1.39. The number of alkyl halides is 2. The number of hydrogen-bond donors (Lipinski definition) is 1. The van der Waals surface area contributed by atoms with Crippen molar-refractivity contribution >= 4 is 0 Å². The molecule has 1 saturated carbocycles. The van der Waals surface area contributed by atoms with E-state index in [1.54, 1.807) is 6.07 Å². The van der Waals surface area contributed by atoms with Gasteiger partial charge in [-0.2, -0.15) is 0 Å². The van der Waals surface area contributed by atoms with Crippen LogP contribution in [-0.4, -0.2) is 17.8 Å². The highest BCUT2D eigenvalue weighted by molar-refractivity contribution is 5.48. The van der Waals surface area contributed by atoms with Crippen LogP contribution in [0.25, 0.3) is 0 Å². The number of halogens is 2. The minimum Gasteiger partial charge on any atom is -0.496 e. The van der Waals surface area contributed by atoms with Crippen molar-refractivity contribution in [1.29, 1.82) is 0 Å². The third-order valence-electron chi connectivity index (χ3n) is 3.30. The van der Waals surface area contributed by atoms with Gasteiger partial charge >= 0.3 is 0 Å². The minimum atomic E-state index is -2.56. The van der Waals surface area contributed by atoms with E-state index >= 15 is 0 Å². The quantitative estimate of drug-likeness (QED) is 0.879. The van der Waals surface area contributed by atoms with Gasteiger partial charge in [-0.1, -0.05) is 6.07 Å². The highest BCUT2D eigenvalue weighted by atomic mass is 19.3. The first kappa shape index (κ1) is 12.3. The van der Waals surface area contributed by atoms with Crippen LogP contribution >= 0.6 is 0 Å². The van der Waals surface area contributed by atoms with E-state index in [9.17, 15) is 13.9 Å². The Morgan fingerprint density at radius 1 is 1.41 bits per heavy atom. The third kappa shape index (κ3) is 2.41. The molecule has 0 saturated heterocycles. The highest BCUT2D eigenvalue weighted by Gasteiger charge is 2.41. The summed E-state index contributed by atoms with van der Waals surface area (Å²) in [5.74, 6) is 0.223. The first-order valence-electron chi connectivity index (χ1n) is 5.64. The van der Waals surface area contributed by atoms with Gasteiger partial charge in [0.1, 0.15) is 5.75 Å². The second-order valence-electron chi connectivity index (χ2n) is 4.69. The second-order valence-corrected chi connectivity index (χ2v) is 4.69. The molecule has 0 aromatic heterocycles. The molecule has 0 atom stereocenters. The zero-order valence-electron chi connectivity index (χ0n) is 9.96. The second kappa shape index (κ2) is 4.26. The first-order valence-corrected chi connectivity index (χ1v) is 5.64. The number of benzene rings is 1. The molecule has 0 bridgehead atoms. The van der Waals surface area contributed by atoms with E-state index in [1.165, 1.54) is 13.2 Å². The number of methoxy groups -OCH3 is 1. The number of hydrogen-bond acceptors (Lipinski definition) is 2. The van der Waals surface area contributed by atoms with Gasteiger partial charge in [0.05, 0.1) is 18.3 Å². The summed E-state index contributed by atoms with van der Waals surface area (Å²) >= 11 is 0. The topological polar surface area (TPSA) is 29.5 Å². The summed E-state index contributed by atoms with van der Waals surface area (Å²) in [5, 5.41) is 9.91. The first-order chi connectivity index (χ1) is 7.97. The Morgan fingerprint density at radius 3 is 2.53 bits per heavy atom. The zero-order valence-corrected chi connectivity index (χ0v) is 9.96. The van der Waals surface area contributed by atoms with Crippen molar-refractivity contribution in [3.8, 4) is 5.75 Å². The zero-order chi connectivity index (χ0) is 12.6. The van der Waals surface area contributed by atoms with Crippen molar-refractivity contribution in [2.75, 3.05) is 7.11 Å². The van der Waals surface area contributed by atoms with E-state index in [1.807, 2.05) is 6.92 Å². The summed E-state index contributed by atoms with van der Waals surface area (Å²) in [4.78, 5) is 0. The fourth-order valence-corrected chi connectivity index (χ4v) is 2.03. The van der Waals surface area contributed by atoms with Gasteiger partial charge in [-0.05, 0) is 31.4 Å². The van der Waals surface area contributed by atoms with Gasteiger partial charge in [-0.25, -0.2) is 8.78 Å². The lowest BCUT2D eigenvalue weighted by Gasteiger charge is -2.17. The Morgan fingerprint density at radius 2 is 2.06 bits per heavy atom. The molecule has 1 N–H and O–H groups in total. The van der Waals surface area contributed by atoms with E-state index in [4.69, 9.17) is 4.74 Å². The molecule has 1 aliphatic rings. The van der Waals surface area contributed by atoms with Crippen molar-refractivity contribution in [2.45, 2.75) is 38.2 Å². The van der Waals surface area contributed by atoms with Gasteiger partial charge in [-0.15, -0.1) is 0 Å². The summed E-state index contributed by atoms with van der Waals surface area (Å²) in [6.45, 7) is 1.85. The molecule has 0 unspecified atom stereocenters. The average Bonchev–Trinajstić information content (AvgIpc) is 2.99. The van der Waals surface area contributed by atoms with Crippen LogP contribution in [0.3, 0.4) is 0 Å². The average molecular weight is 242 g/mol. The number of rotatable bonds is 4. The van der Waals surface area contributed by atoms with Crippen molar-refractivity contribution in [1.82, 2.24) is 0 Å². The molecule has 0 amide bonds. The standard InChI is InChI=1S/C13H16F2O2/c1-8-3-4-9(12(14)15)11(17-2)10(8)7-13(16)5-6-13/h3-4,12,16H,5-7H2,1-2H3. The van der Waals surface area contributed by atoms with Crippen LogP contribution in [0.2, 0.25) is 0 Å². The van der Waals surface area contributed by atoms with Gasteiger partial charge in [0, 0.05) is 12.0 Å². The summed E-state index contributed by atoms with van der Waals surface area (Å²) < 4.78 is 30.8. The molecule has 0 radical (unpaired) electrons. The van der Waals surface area contributed by atoms with E-state index in [0.29, 0.717) is 12.0 Å². The van der Waals surface area contributed by atoms with Crippen LogP contribution in [0, 0.1) is 6.92 Å². The van der Waals surface area contributed by atoms with Crippen LogP contribution in [0.5, 0.6) is 5.75 Å². The maximum absolute atomic E-state index is 12.8. The summed E-state index contributed by atoms with van der Waals surface area (Å²) in [6, 6.07) is 3.05. The lowest BCUT2D eigenvalue weighted by Crippen LogP contribution is -2.13. The van der Waals surface area contributed by atoms with Gasteiger partial charge in [0.15, 0.2) is 0 Å². The number of aliphatic hydroxyl groups is 1. The van der Waals surface area contributed by atoms with Crippen LogP contribution < -0.4 is 4.74 Å². The van der Waals surface area contributed by atoms with Crippen LogP contribution in [-0.2, 0) is 6.42 Å². The van der Waals surface area contributed by atoms with Crippen molar-refractivity contribution in [3.05, 3.63) is 28.8 Å². The van der Waals surface area contributed by atoms with Crippen molar-refractivity contribution in [2.24, 2.45) is 0 Å². The molecular weight excluding hydrogens is 226 g/mol. The van der Waals surface area contributed by atoms with Crippen molar-refractivity contribution in [3.63, 3.8) is 0 Å². The molecule has 0 aliphatic heterocycles. The van der Waals surface area contributed by atoms with E-state index in [2.05, 4.69) is 0 Å². The van der Waals surface area contributed by atoms with E-state index in [-0.39, 0.29) is 11.3 Å². The van der Waals surface area contributed by atoms with Gasteiger partial charge in [0.2, 0.25) is 0 Å². The molecule has 4 heteroatoms. The molecule has 1 fully saturated rings. The monoisotopic (exact) mass is 242 g/mol. The molecule has 1 aliphatic carbocycles. The summed E-state index contributed by atoms with van der Waals surface area (Å²) in [6.07, 6.45) is -0.705. The predicted molar refractivity (Wildman–Crippen MR) is 60.6 cm³/mol. The van der Waals surface area contributed by atoms with E-state index < -0.39 is 12.0 Å². The number of aryl methyl sites for hydroxylation is 1. The van der Waals surface area contributed by atoms with Gasteiger partial charge in [0.25, 0.3) is 6.43 Å². The Hall–Kier alpha value is -1.16. The predicted octanol–water partition coefficient (Wildman–Crippen LogP) is 3.01. The molecule has 94 valence electrons. The lowest BCUT2D eigenvalue weighted by molar-refractivity contribution is 0.142. The Bertz CT molecular complexity index is 426. The normalized spacial score (nSPS) is 17.3. The maximum Gasteiger partial charge on any atom is 0.267 e. The largest absolute Gasteiger partial charge is 0.496 e. The molecule has 2 rings (SSSR count). The smallest absolute Gasteiger partial charge is 0.267 e. The minimum absolute atomic E-state index is 0.0997. The van der Waals surface area contributed by atoms with Gasteiger partial charge in [-0.3, -0.25) is 0 Å². The fourth-order valence-electron chi connectivity index (χ4n) is 2.03. The van der Waals surface area contributed by atoms with Crippen LogP contribution in [0.4, 0.5) is 8.78 Å². The Balaban J connectivity index is 2.43. The van der Waals surface area contributed by atoms with Crippen LogP contribution in [0.15, 0.2) is 12.1 Å². The molecule has 2 nitrogen and oxygen atoms in total. The summed E-state index contributed by atoms with van der Waals surface area (Å²) in [5.41, 5.74) is 0.771. The fraction of sp³-hybridized carbons (Fsp3) is 0.538. The SMILES string of the molecule is COc1c(C(F)F)ccc(C)c1CC1(O)CC1. The molecule has 0 heterocycles. The Kier molecular flexibility index (Phi) is 3.08. The molecule has 1 aromatic rings. The molecule has 0 spiro atoms. The van der Waals surface area contributed by atoms with Crippen LogP contribution in [0.1, 0.15) is 36.0 Å². The third-order valence-corrected chi connectivity index (χ3v) is 3.30. The van der Waals surface area contributed by atoms with Crippen molar-refractivity contribution < 1.29 is 18.6 Å². The van der Waals surface area contributed by atoms with Gasteiger partial charge < -0.3 is 9.84 Å². The highest BCUT2D eigenvalue weighted by Crippen LogP contribution is 2.43.